The predicted molar refractivity (Wildman–Crippen MR) is 116 cm³/mol. The fourth-order valence-electron chi connectivity index (χ4n) is 3.05. The van der Waals surface area contributed by atoms with Crippen LogP contribution in [0.15, 0.2) is 23.6 Å². The van der Waals surface area contributed by atoms with Crippen LogP contribution < -0.4 is 4.90 Å². The summed E-state index contributed by atoms with van der Waals surface area (Å²) in [4.78, 5) is 32.1. The zero-order chi connectivity index (χ0) is 21.9. The van der Waals surface area contributed by atoms with E-state index in [0.717, 1.165) is 16.8 Å². The van der Waals surface area contributed by atoms with E-state index in [9.17, 15) is 18.0 Å². The van der Waals surface area contributed by atoms with Gasteiger partial charge in [0.05, 0.1) is 29.4 Å². The summed E-state index contributed by atoms with van der Waals surface area (Å²) in [6.45, 7) is 6.20. The first-order chi connectivity index (χ1) is 14.1. The van der Waals surface area contributed by atoms with Crippen molar-refractivity contribution in [2.45, 2.75) is 27.4 Å². The fourth-order valence-corrected chi connectivity index (χ4v) is 5.20. The quantitative estimate of drug-likeness (QED) is 0.621. The lowest BCUT2D eigenvalue weighted by atomic mass is 10.1. The number of ether oxygens (including phenoxy) is 1. The Labute approximate surface area is 180 Å². The Bertz CT molecular complexity index is 1030. The van der Waals surface area contributed by atoms with Crippen LogP contribution in [-0.4, -0.2) is 61.3 Å². The van der Waals surface area contributed by atoms with Crippen molar-refractivity contribution < 1.29 is 22.7 Å². The standard InChI is InChI=1S/C20H25N3O5S2/c1-14-4-5-18(10-15(14)2)23(16(3)24)20-21-17(13-29-20)12-28-19(25)11-22-6-8-30(26,27)9-7-22/h4-5,10,13H,6-9,11-12H2,1-3H3. The maximum absolute atomic E-state index is 12.2. The van der Waals surface area contributed by atoms with Gasteiger partial charge in [-0.05, 0) is 37.1 Å². The van der Waals surface area contributed by atoms with Gasteiger partial charge in [-0.15, -0.1) is 11.3 Å². The van der Waals surface area contributed by atoms with Crippen LogP contribution in [0.4, 0.5) is 10.8 Å². The van der Waals surface area contributed by atoms with E-state index in [4.69, 9.17) is 4.74 Å². The second-order valence-electron chi connectivity index (χ2n) is 7.33. The molecule has 0 atom stereocenters. The zero-order valence-electron chi connectivity index (χ0n) is 17.3. The molecule has 0 N–H and O–H groups in total. The molecular formula is C20H25N3O5S2. The van der Waals surface area contributed by atoms with E-state index in [1.807, 2.05) is 32.0 Å². The van der Waals surface area contributed by atoms with Crippen LogP contribution in [0.1, 0.15) is 23.7 Å². The summed E-state index contributed by atoms with van der Waals surface area (Å²) in [6.07, 6.45) is 0. The van der Waals surface area contributed by atoms with E-state index in [2.05, 4.69) is 4.98 Å². The van der Waals surface area contributed by atoms with E-state index in [1.165, 1.54) is 23.2 Å². The highest BCUT2D eigenvalue weighted by Gasteiger charge is 2.24. The summed E-state index contributed by atoms with van der Waals surface area (Å²) in [5, 5.41) is 2.27. The normalized spacial score (nSPS) is 16.2. The number of esters is 1. The number of carbonyl (C=O) groups excluding carboxylic acids is 2. The molecule has 10 heteroatoms. The molecule has 8 nitrogen and oxygen atoms in total. The van der Waals surface area contributed by atoms with Gasteiger partial charge in [-0.3, -0.25) is 19.4 Å². The van der Waals surface area contributed by atoms with Gasteiger partial charge in [-0.2, -0.15) is 0 Å². The molecule has 0 saturated carbocycles. The molecular weight excluding hydrogens is 426 g/mol. The van der Waals surface area contributed by atoms with Crippen molar-refractivity contribution >= 4 is 43.9 Å². The second-order valence-corrected chi connectivity index (χ2v) is 10.5. The molecule has 2 heterocycles. The second kappa shape index (κ2) is 9.23. The van der Waals surface area contributed by atoms with Crippen molar-refractivity contribution in [2.24, 2.45) is 0 Å². The first kappa shape index (κ1) is 22.4. The van der Waals surface area contributed by atoms with Gasteiger partial charge in [0.25, 0.3) is 0 Å². The van der Waals surface area contributed by atoms with Crippen molar-refractivity contribution in [3.8, 4) is 0 Å². The molecule has 0 spiro atoms. The summed E-state index contributed by atoms with van der Waals surface area (Å²) in [5.74, 6) is -0.456. The van der Waals surface area contributed by atoms with Crippen LogP contribution in [-0.2, 0) is 30.8 Å². The van der Waals surface area contributed by atoms with Gasteiger partial charge in [0.15, 0.2) is 15.0 Å². The first-order valence-electron chi connectivity index (χ1n) is 9.55. The topological polar surface area (TPSA) is 96.9 Å². The van der Waals surface area contributed by atoms with Gasteiger partial charge in [-0.1, -0.05) is 6.07 Å². The molecule has 1 aromatic heterocycles. The van der Waals surface area contributed by atoms with Crippen LogP contribution in [0.5, 0.6) is 0 Å². The number of aromatic nitrogens is 1. The van der Waals surface area contributed by atoms with Gasteiger partial charge in [0.2, 0.25) is 5.91 Å². The molecule has 1 saturated heterocycles. The SMILES string of the molecule is CC(=O)N(c1ccc(C)c(C)c1)c1nc(COC(=O)CN2CCS(=O)(=O)CC2)cs1. The molecule has 1 amide bonds. The molecule has 0 aliphatic carbocycles. The Morgan fingerprint density at radius 3 is 2.53 bits per heavy atom. The molecule has 1 aromatic carbocycles. The van der Waals surface area contributed by atoms with Crippen molar-refractivity contribution in [3.63, 3.8) is 0 Å². The molecule has 30 heavy (non-hydrogen) atoms. The molecule has 2 aromatic rings. The van der Waals surface area contributed by atoms with Crippen molar-refractivity contribution in [1.29, 1.82) is 0 Å². The Morgan fingerprint density at radius 1 is 1.20 bits per heavy atom. The Hall–Kier alpha value is -2.30. The third-order valence-corrected chi connectivity index (χ3v) is 7.45. The molecule has 1 fully saturated rings. The monoisotopic (exact) mass is 451 g/mol. The number of hydrogen-bond donors (Lipinski definition) is 0. The minimum Gasteiger partial charge on any atom is -0.458 e. The van der Waals surface area contributed by atoms with E-state index < -0.39 is 15.8 Å². The summed E-state index contributed by atoms with van der Waals surface area (Å²) in [6, 6.07) is 5.78. The number of hydrogen-bond acceptors (Lipinski definition) is 8. The third-order valence-electron chi connectivity index (χ3n) is 4.97. The van der Waals surface area contributed by atoms with Crippen molar-refractivity contribution in [1.82, 2.24) is 9.88 Å². The van der Waals surface area contributed by atoms with Gasteiger partial charge in [0.1, 0.15) is 6.61 Å². The third kappa shape index (κ3) is 5.65. The van der Waals surface area contributed by atoms with Gasteiger partial charge in [0, 0.05) is 25.4 Å². The summed E-state index contributed by atoms with van der Waals surface area (Å²) < 4.78 is 28.2. The van der Waals surface area contributed by atoms with E-state index in [0.29, 0.717) is 23.9 Å². The maximum atomic E-state index is 12.2. The minimum absolute atomic E-state index is 0.000141. The van der Waals surface area contributed by atoms with Crippen LogP contribution in [0.25, 0.3) is 0 Å². The number of thiazole rings is 1. The van der Waals surface area contributed by atoms with Crippen LogP contribution in [0.2, 0.25) is 0 Å². The molecule has 162 valence electrons. The molecule has 1 aliphatic heterocycles. The van der Waals surface area contributed by atoms with E-state index in [-0.39, 0.29) is 30.6 Å². The molecule has 1 aliphatic rings. The van der Waals surface area contributed by atoms with Gasteiger partial charge in [-0.25, -0.2) is 13.4 Å². The summed E-state index contributed by atoms with van der Waals surface area (Å²) in [5.41, 5.74) is 3.51. The van der Waals surface area contributed by atoms with Crippen LogP contribution in [0, 0.1) is 13.8 Å². The molecule has 0 unspecified atom stereocenters. The van der Waals surface area contributed by atoms with E-state index >= 15 is 0 Å². The smallest absolute Gasteiger partial charge is 0.320 e. The number of aryl methyl sites for hydroxylation is 2. The highest BCUT2D eigenvalue weighted by atomic mass is 32.2. The Kier molecular flexibility index (Phi) is 6.89. The number of amides is 1. The first-order valence-corrected chi connectivity index (χ1v) is 12.3. The number of rotatable bonds is 6. The molecule has 0 bridgehead atoms. The lowest BCUT2D eigenvalue weighted by molar-refractivity contribution is -0.146. The average molecular weight is 452 g/mol. The van der Waals surface area contributed by atoms with Crippen molar-refractivity contribution in [3.05, 3.63) is 40.4 Å². The minimum atomic E-state index is -2.98. The zero-order valence-corrected chi connectivity index (χ0v) is 18.9. The van der Waals surface area contributed by atoms with Crippen LogP contribution >= 0.6 is 11.3 Å². The Morgan fingerprint density at radius 2 is 1.90 bits per heavy atom. The number of nitrogens with zero attached hydrogens (tertiary/aromatic N) is 3. The van der Waals surface area contributed by atoms with Gasteiger partial charge >= 0.3 is 5.97 Å². The Balaban J connectivity index is 1.60. The maximum Gasteiger partial charge on any atom is 0.320 e. The number of anilines is 2. The molecule has 0 radical (unpaired) electrons. The number of carbonyl (C=O) groups is 2. The lowest BCUT2D eigenvalue weighted by Gasteiger charge is -2.25. The fraction of sp³-hybridized carbons (Fsp3) is 0.450. The highest BCUT2D eigenvalue weighted by molar-refractivity contribution is 7.91. The largest absolute Gasteiger partial charge is 0.458 e. The lowest BCUT2D eigenvalue weighted by Crippen LogP contribution is -2.43. The average Bonchev–Trinajstić information content (AvgIpc) is 3.13. The molecule has 3 rings (SSSR count). The van der Waals surface area contributed by atoms with Gasteiger partial charge < -0.3 is 4.74 Å². The highest BCUT2D eigenvalue weighted by Crippen LogP contribution is 2.30. The number of sulfone groups is 1. The van der Waals surface area contributed by atoms with Crippen molar-refractivity contribution in [2.75, 3.05) is 36.0 Å². The summed E-state index contributed by atoms with van der Waals surface area (Å²) in [7, 11) is -2.98. The van der Waals surface area contributed by atoms with Crippen LogP contribution in [0.3, 0.4) is 0 Å². The van der Waals surface area contributed by atoms with E-state index in [1.54, 1.807) is 10.3 Å². The number of benzene rings is 1. The summed E-state index contributed by atoms with van der Waals surface area (Å²) >= 11 is 1.30. The predicted octanol–water partition coefficient (Wildman–Crippen LogP) is 2.22.